The van der Waals surface area contributed by atoms with Crippen LogP contribution in [0, 0.1) is 12.3 Å². The molecule has 0 aromatic carbocycles. The van der Waals surface area contributed by atoms with E-state index in [1.807, 2.05) is 33.1 Å². The summed E-state index contributed by atoms with van der Waals surface area (Å²) in [6.07, 6.45) is 1.15. The number of rotatable bonds is 5. The van der Waals surface area contributed by atoms with Gasteiger partial charge in [-0.3, -0.25) is 4.79 Å². The van der Waals surface area contributed by atoms with E-state index in [1.54, 1.807) is 11.3 Å². The zero-order chi connectivity index (χ0) is 13.8. The highest BCUT2D eigenvalue weighted by Gasteiger charge is 2.22. The molecule has 1 aromatic heterocycles. The minimum Gasteiger partial charge on any atom is -0.356 e. The molecule has 1 heterocycles. The van der Waals surface area contributed by atoms with Gasteiger partial charge in [0.1, 0.15) is 0 Å². The normalized spacial score (nSPS) is 13.4. The maximum Gasteiger partial charge on any atom is 0.221 e. The summed E-state index contributed by atoms with van der Waals surface area (Å²) < 4.78 is 0. The van der Waals surface area contributed by atoms with Crippen molar-refractivity contribution in [3.05, 3.63) is 16.1 Å². The van der Waals surface area contributed by atoms with Gasteiger partial charge >= 0.3 is 0 Å². The maximum atomic E-state index is 11.7. The van der Waals surface area contributed by atoms with Crippen LogP contribution in [0.4, 0.5) is 0 Å². The van der Waals surface area contributed by atoms with Crippen LogP contribution in [0.3, 0.4) is 0 Å². The summed E-state index contributed by atoms with van der Waals surface area (Å²) in [4.78, 5) is 16.0. The van der Waals surface area contributed by atoms with Crippen LogP contribution in [-0.4, -0.2) is 23.5 Å². The SMILES string of the molecule is Cc1nc(CCNC(=O)CC(N)C(C)(C)C)cs1. The van der Waals surface area contributed by atoms with Crippen molar-refractivity contribution in [3.63, 3.8) is 0 Å². The second kappa shape index (κ2) is 6.29. The molecule has 1 unspecified atom stereocenters. The highest BCUT2D eigenvalue weighted by molar-refractivity contribution is 7.09. The third kappa shape index (κ3) is 5.14. The molecule has 0 aliphatic heterocycles. The van der Waals surface area contributed by atoms with E-state index >= 15 is 0 Å². The minimum atomic E-state index is -0.112. The predicted octanol–water partition coefficient (Wildman–Crippen LogP) is 1.87. The third-order valence-electron chi connectivity index (χ3n) is 2.89. The van der Waals surface area contributed by atoms with Crippen LogP contribution in [0.15, 0.2) is 5.38 Å². The van der Waals surface area contributed by atoms with Gasteiger partial charge in [-0.05, 0) is 12.3 Å². The van der Waals surface area contributed by atoms with Crippen molar-refractivity contribution < 1.29 is 4.79 Å². The number of aryl methyl sites for hydroxylation is 1. The first-order valence-corrected chi connectivity index (χ1v) is 7.10. The first-order valence-electron chi connectivity index (χ1n) is 6.22. The van der Waals surface area contributed by atoms with Crippen LogP contribution >= 0.6 is 11.3 Å². The molecule has 0 aliphatic carbocycles. The lowest BCUT2D eigenvalue weighted by molar-refractivity contribution is -0.121. The summed E-state index contributed by atoms with van der Waals surface area (Å²) in [5.74, 6) is 0.0179. The number of nitrogens with two attached hydrogens (primary N) is 1. The second-order valence-electron chi connectivity index (χ2n) is 5.63. The van der Waals surface area contributed by atoms with Gasteiger partial charge in [0.05, 0.1) is 10.7 Å². The van der Waals surface area contributed by atoms with Crippen LogP contribution < -0.4 is 11.1 Å². The summed E-state index contributed by atoms with van der Waals surface area (Å²) in [7, 11) is 0. The van der Waals surface area contributed by atoms with E-state index < -0.39 is 0 Å². The number of thiazole rings is 1. The second-order valence-corrected chi connectivity index (χ2v) is 6.70. The number of hydrogen-bond acceptors (Lipinski definition) is 4. The molecule has 4 nitrogen and oxygen atoms in total. The summed E-state index contributed by atoms with van der Waals surface area (Å²) in [5, 5.41) is 5.98. The van der Waals surface area contributed by atoms with Crippen molar-refractivity contribution in [2.24, 2.45) is 11.1 Å². The zero-order valence-corrected chi connectivity index (χ0v) is 12.4. The van der Waals surface area contributed by atoms with E-state index in [4.69, 9.17) is 5.73 Å². The Morgan fingerprint density at radius 2 is 2.22 bits per heavy atom. The molecular weight excluding hydrogens is 246 g/mol. The van der Waals surface area contributed by atoms with Crippen LogP contribution in [0.2, 0.25) is 0 Å². The Hall–Kier alpha value is -0.940. The fourth-order valence-electron chi connectivity index (χ4n) is 1.43. The quantitative estimate of drug-likeness (QED) is 0.857. The number of carbonyl (C=O) groups excluding carboxylic acids is 1. The Bertz CT molecular complexity index is 395. The average Bonchev–Trinajstić information content (AvgIpc) is 2.62. The van der Waals surface area contributed by atoms with Crippen LogP contribution in [-0.2, 0) is 11.2 Å². The van der Waals surface area contributed by atoms with E-state index in [0.717, 1.165) is 17.1 Å². The van der Waals surface area contributed by atoms with Gasteiger partial charge < -0.3 is 11.1 Å². The number of amides is 1. The van der Waals surface area contributed by atoms with Crippen LogP contribution in [0.25, 0.3) is 0 Å². The van der Waals surface area contributed by atoms with Crippen molar-refractivity contribution in [3.8, 4) is 0 Å². The molecule has 3 N–H and O–H groups in total. The van der Waals surface area contributed by atoms with Crippen LogP contribution in [0.1, 0.15) is 37.9 Å². The average molecular weight is 269 g/mol. The van der Waals surface area contributed by atoms with Gasteiger partial charge in [0.2, 0.25) is 5.91 Å². The number of nitrogens with zero attached hydrogens (tertiary/aromatic N) is 1. The summed E-state index contributed by atoms with van der Waals surface area (Å²) in [6.45, 7) is 8.74. The summed E-state index contributed by atoms with van der Waals surface area (Å²) >= 11 is 1.63. The van der Waals surface area contributed by atoms with Gasteiger partial charge in [-0.2, -0.15) is 0 Å². The molecule has 1 aromatic rings. The van der Waals surface area contributed by atoms with E-state index in [1.165, 1.54) is 0 Å². The van der Waals surface area contributed by atoms with E-state index in [9.17, 15) is 4.79 Å². The highest BCUT2D eigenvalue weighted by atomic mass is 32.1. The molecule has 0 fully saturated rings. The van der Waals surface area contributed by atoms with Gasteiger partial charge in [-0.1, -0.05) is 20.8 Å². The standard InChI is InChI=1S/C13H23N3OS/c1-9-16-10(8-18-9)5-6-15-12(17)7-11(14)13(2,3)4/h8,11H,5-7,14H2,1-4H3,(H,15,17). The molecule has 0 saturated heterocycles. The molecule has 102 valence electrons. The minimum absolute atomic E-state index is 0.0179. The molecule has 1 atom stereocenters. The Kier molecular flexibility index (Phi) is 5.28. The monoisotopic (exact) mass is 269 g/mol. The van der Waals surface area contributed by atoms with Gasteiger partial charge in [0, 0.05) is 30.8 Å². The molecule has 0 bridgehead atoms. The molecule has 1 amide bonds. The van der Waals surface area contributed by atoms with E-state index in [0.29, 0.717) is 13.0 Å². The van der Waals surface area contributed by atoms with Crippen molar-refractivity contribution in [2.75, 3.05) is 6.54 Å². The summed E-state index contributed by atoms with van der Waals surface area (Å²) in [5.41, 5.74) is 6.97. The van der Waals surface area contributed by atoms with Crippen molar-refractivity contribution in [1.29, 1.82) is 0 Å². The molecule has 18 heavy (non-hydrogen) atoms. The lowest BCUT2D eigenvalue weighted by atomic mass is 9.85. The first-order chi connectivity index (χ1) is 8.29. The molecule has 5 heteroatoms. The topological polar surface area (TPSA) is 68.0 Å². The number of nitrogens with one attached hydrogen (secondary N) is 1. The highest BCUT2D eigenvalue weighted by Crippen LogP contribution is 2.19. The van der Waals surface area contributed by atoms with Gasteiger partial charge in [-0.25, -0.2) is 4.98 Å². The number of hydrogen-bond donors (Lipinski definition) is 2. The van der Waals surface area contributed by atoms with E-state index in [2.05, 4.69) is 10.3 Å². The Labute approximate surface area is 113 Å². The van der Waals surface area contributed by atoms with Crippen molar-refractivity contribution in [1.82, 2.24) is 10.3 Å². The molecule has 0 spiro atoms. The Morgan fingerprint density at radius 3 is 2.72 bits per heavy atom. The lowest BCUT2D eigenvalue weighted by Gasteiger charge is -2.26. The van der Waals surface area contributed by atoms with E-state index in [-0.39, 0.29) is 17.4 Å². The largest absolute Gasteiger partial charge is 0.356 e. The molecule has 0 saturated carbocycles. The smallest absolute Gasteiger partial charge is 0.221 e. The Morgan fingerprint density at radius 1 is 1.56 bits per heavy atom. The summed E-state index contributed by atoms with van der Waals surface area (Å²) in [6, 6.07) is -0.112. The van der Waals surface area contributed by atoms with Crippen molar-refractivity contribution >= 4 is 17.2 Å². The zero-order valence-electron chi connectivity index (χ0n) is 11.6. The maximum absolute atomic E-state index is 11.7. The fourth-order valence-corrected chi connectivity index (χ4v) is 2.08. The van der Waals surface area contributed by atoms with Gasteiger partial charge in [0.15, 0.2) is 0 Å². The molecule has 0 aliphatic rings. The van der Waals surface area contributed by atoms with Crippen molar-refractivity contribution in [2.45, 2.75) is 46.6 Å². The molecule has 0 radical (unpaired) electrons. The number of aromatic nitrogens is 1. The van der Waals surface area contributed by atoms with Gasteiger partial charge in [0.25, 0.3) is 0 Å². The fraction of sp³-hybridized carbons (Fsp3) is 0.692. The van der Waals surface area contributed by atoms with Crippen LogP contribution in [0.5, 0.6) is 0 Å². The first kappa shape index (κ1) is 15.1. The third-order valence-corrected chi connectivity index (χ3v) is 3.71. The lowest BCUT2D eigenvalue weighted by Crippen LogP contribution is -2.40. The Balaban J connectivity index is 2.25. The van der Waals surface area contributed by atoms with Gasteiger partial charge in [-0.15, -0.1) is 11.3 Å². The molecule has 1 rings (SSSR count). The predicted molar refractivity (Wildman–Crippen MR) is 75.6 cm³/mol. The number of carbonyl (C=O) groups is 1. The molecular formula is C13H23N3OS.